The van der Waals surface area contributed by atoms with Crippen LogP contribution in [-0.2, 0) is 6.42 Å². The number of ether oxygens (including phenoxy) is 1. The van der Waals surface area contributed by atoms with Crippen LogP contribution in [0.3, 0.4) is 0 Å². The largest absolute Gasteiger partial charge is 0.497 e. The summed E-state index contributed by atoms with van der Waals surface area (Å²) in [6, 6.07) is 7.12. The Labute approximate surface area is 180 Å². The number of benzene rings is 1. The number of ketones is 1. The zero-order chi connectivity index (χ0) is 18.4. The average Bonchev–Trinajstić information content (AvgIpc) is 3.36. The molecule has 0 aliphatic carbocycles. The summed E-state index contributed by atoms with van der Waals surface area (Å²) in [5.74, 6) is 1.41. The number of carbonyl (C=O) groups is 1. The van der Waals surface area contributed by atoms with Crippen LogP contribution in [0.4, 0.5) is 5.13 Å². The first-order valence-corrected chi connectivity index (χ1v) is 9.58. The summed E-state index contributed by atoms with van der Waals surface area (Å²) in [4.78, 5) is 19.0. The zero-order valence-corrected chi connectivity index (χ0v) is 18.6. The highest BCUT2D eigenvalue weighted by Crippen LogP contribution is 2.23. The van der Waals surface area contributed by atoms with Crippen molar-refractivity contribution in [2.24, 2.45) is 4.99 Å². The first-order chi connectivity index (χ1) is 12.7. The molecule has 1 aliphatic heterocycles. The molecule has 0 spiro atoms. The number of methoxy groups -OCH3 is 1. The van der Waals surface area contributed by atoms with E-state index in [1.165, 1.54) is 11.3 Å². The van der Waals surface area contributed by atoms with Crippen LogP contribution in [0.25, 0.3) is 0 Å². The lowest BCUT2D eigenvalue weighted by Crippen LogP contribution is -2.42. The topological polar surface area (TPSA) is 79.7 Å². The maximum absolute atomic E-state index is 12.8. The average molecular weight is 501 g/mol. The van der Waals surface area contributed by atoms with Gasteiger partial charge in [-0.3, -0.25) is 14.7 Å². The van der Waals surface area contributed by atoms with Crippen molar-refractivity contribution in [3.05, 3.63) is 34.8 Å². The minimum Gasteiger partial charge on any atom is -0.497 e. The second-order valence-corrected chi connectivity index (χ2v) is 6.99. The maximum atomic E-state index is 12.8. The summed E-state index contributed by atoms with van der Waals surface area (Å²) in [6.07, 6.45) is 3.11. The van der Waals surface area contributed by atoms with E-state index >= 15 is 0 Å². The molecule has 27 heavy (non-hydrogen) atoms. The lowest BCUT2D eigenvalue weighted by atomic mass is 10.1. The molecular weight excluding hydrogens is 477 g/mol. The Morgan fingerprint density at radius 3 is 2.70 bits per heavy atom. The summed E-state index contributed by atoms with van der Waals surface area (Å²) >= 11 is 1.52. The summed E-state index contributed by atoms with van der Waals surface area (Å²) in [5, 5.41) is 13.5. The van der Waals surface area contributed by atoms with E-state index in [-0.39, 0.29) is 36.3 Å². The van der Waals surface area contributed by atoms with E-state index in [4.69, 9.17) is 4.74 Å². The Balaban J connectivity index is 0.00000261. The van der Waals surface area contributed by atoms with Crippen molar-refractivity contribution in [2.45, 2.75) is 26.2 Å². The second-order valence-electron chi connectivity index (χ2n) is 5.95. The van der Waals surface area contributed by atoms with Crippen LogP contribution in [-0.4, -0.2) is 48.7 Å². The molecule has 1 aromatic carbocycles. The van der Waals surface area contributed by atoms with Gasteiger partial charge in [-0.05, 0) is 30.7 Å². The Morgan fingerprint density at radius 1 is 1.30 bits per heavy atom. The summed E-state index contributed by atoms with van der Waals surface area (Å²) < 4.78 is 5.15. The van der Waals surface area contributed by atoms with Gasteiger partial charge in [-0.1, -0.05) is 24.7 Å². The predicted molar refractivity (Wildman–Crippen MR) is 119 cm³/mol. The highest BCUT2D eigenvalue weighted by molar-refractivity contribution is 14.0. The molecule has 1 aromatic heterocycles. The smallest absolute Gasteiger partial charge is 0.215 e. The zero-order valence-electron chi connectivity index (χ0n) is 15.5. The molecule has 0 bridgehead atoms. The third-order valence-electron chi connectivity index (χ3n) is 4.06. The lowest BCUT2D eigenvalue weighted by Gasteiger charge is -2.20. The van der Waals surface area contributed by atoms with Gasteiger partial charge in [0.1, 0.15) is 10.8 Å². The van der Waals surface area contributed by atoms with Crippen molar-refractivity contribution in [3.8, 4) is 5.75 Å². The molecule has 0 amide bonds. The van der Waals surface area contributed by atoms with Crippen molar-refractivity contribution in [1.29, 1.82) is 0 Å². The van der Waals surface area contributed by atoms with Gasteiger partial charge in [-0.2, -0.15) is 0 Å². The summed E-state index contributed by atoms with van der Waals surface area (Å²) in [6.45, 7) is 3.79. The van der Waals surface area contributed by atoms with E-state index in [1.54, 1.807) is 31.4 Å². The van der Waals surface area contributed by atoms with Gasteiger partial charge in [0.15, 0.2) is 5.78 Å². The first kappa shape index (κ1) is 21.5. The number of guanidine groups is 1. The number of Topliss-reactive ketones (excluding diaryl/α,β-unsaturated/α-hetero) is 1. The molecule has 0 saturated carbocycles. The molecule has 9 heteroatoms. The number of carbonyl (C=O) groups excluding carboxylic acids is 1. The molecule has 2 heterocycles. The van der Waals surface area contributed by atoms with E-state index < -0.39 is 0 Å². The standard InChI is InChI=1S/C18H23N5O2S.HI/c1-3-4-5-16-21-22-18(26-16)23(17-19-10-11-20-17)12-15(24)13-6-8-14(25-2)9-7-13;/h6-9H,3-5,10-12H2,1-2H3,(H,19,20);1H. The number of aromatic nitrogens is 2. The number of nitrogens with one attached hydrogen (secondary N) is 1. The van der Waals surface area contributed by atoms with Gasteiger partial charge in [0, 0.05) is 18.5 Å². The number of hydrogen-bond acceptors (Lipinski definition) is 8. The molecule has 0 unspecified atom stereocenters. The number of hydrogen-bond donors (Lipinski definition) is 1. The monoisotopic (exact) mass is 501 g/mol. The van der Waals surface area contributed by atoms with Gasteiger partial charge in [-0.15, -0.1) is 34.2 Å². The Bertz CT molecular complexity index is 778. The number of halogens is 1. The molecule has 0 fully saturated rings. The first-order valence-electron chi connectivity index (χ1n) is 8.76. The number of anilines is 1. The molecule has 146 valence electrons. The number of nitrogens with zero attached hydrogens (tertiary/aromatic N) is 4. The quantitative estimate of drug-likeness (QED) is 0.443. The molecule has 0 saturated heterocycles. The molecule has 3 rings (SSSR count). The maximum Gasteiger partial charge on any atom is 0.215 e. The predicted octanol–water partition coefficient (Wildman–Crippen LogP) is 3.16. The van der Waals surface area contributed by atoms with Crippen LogP contribution in [0.2, 0.25) is 0 Å². The minimum absolute atomic E-state index is 0. The molecule has 0 atom stereocenters. The van der Waals surface area contributed by atoms with Gasteiger partial charge >= 0.3 is 0 Å². The Hall–Kier alpha value is -1.75. The fourth-order valence-electron chi connectivity index (χ4n) is 2.59. The summed E-state index contributed by atoms with van der Waals surface area (Å²) in [7, 11) is 1.61. The number of aliphatic imine (C=N–C) groups is 1. The van der Waals surface area contributed by atoms with E-state index in [9.17, 15) is 4.79 Å². The number of rotatable bonds is 8. The van der Waals surface area contributed by atoms with E-state index in [0.29, 0.717) is 23.2 Å². The van der Waals surface area contributed by atoms with E-state index in [1.807, 2.05) is 4.90 Å². The molecule has 1 N–H and O–H groups in total. The van der Waals surface area contributed by atoms with Crippen molar-refractivity contribution in [3.63, 3.8) is 0 Å². The van der Waals surface area contributed by atoms with Crippen molar-refractivity contribution >= 4 is 52.2 Å². The van der Waals surface area contributed by atoms with Gasteiger partial charge in [0.05, 0.1) is 20.2 Å². The van der Waals surface area contributed by atoms with Gasteiger partial charge in [-0.25, -0.2) is 0 Å². The van der Waals surface area contributed by atoms with Crippen LogP contribution in [0, 0.1) is 0 Å². The summed E-state index contributed by atoms with van der Waals surface area (Å²) in [5.41, 5.74) is 0.630. The van der Waals surface area contributed by atoms with Crippen LogP contribution < -0.4 is 15.0 Å². The van der Waals surface area contributed by atoms with Crippen LogP contribution in [0.15, 0.2) is 29.3 Å². The van der Waals surface area contributed by atoms with Gasteiger partial charge in [0.2, 0.25) is 11.1 Å². The second kappa shape index (κ2) is 10.5. The fraction of sp³-hybridized carbons (Fsp3) is 0.444. The third kappa shape index (κ3) is 5.61. The normalized spacial score (nSPS) is 12.7. The molecule has 0 radical (unpaired) electrons. The SMILES string of the molecule is CCCCc1nnc(N(CC(=O)c2ccc(OC)cc2)C2=NCCN2)s1.I. The molecule has 2 aromatic rings. The number of unbranched alkanes of at least 4 members (excludes halogenated alkanes) is 1. The van der Waals surface area contributed by atoms with E-state index in [0.717, 1.165) is 36.6 Å². The van der Waals surface area contributed by atoms with Crippen LogP contribution in [0.5, 0.6) is 5.75 Å². The highest BCUT2D eigenvalue weighted by Gasteiger charge is 2.23. The van der Waals surface area contributed by atoms with Crippen LogP contribution in [0.1, 0.15) is 35.1 Å². The Morgan fingerprint density at radius 2 is 2.07 bits per heavy atom. The van der Waals surface area contributed by atoms with E-state index in [2.05, 4.69) is 27.4 Å². The van der Waals surface area contributed by atoms with Gasteiger partial charge in [0.25, 0.3) is 0 Å². The van der Waals surface area contributed by atoms with Crippen molar-refractivity contribution < 1.29 is 9.53 Å². The highest BCUT2D eigenvalue weighted by atomic mass is 127. The minimum atomic E-state index is -0.00522. The Kier molecular flexibility index (Phi) is 8.42. The lowest BCUT2D eigenvalue weighted by molar-refractivity contribution is 0.100. The fourth-order valence-corrected chi connectivity index (χ4v) is 3.48. The molecule has 7 nitrogen and oxygen atoms in total. The van der Waals surface area contributed by atoms with Crippen LogP contribution >= 0.6 is 35.3 Å². The van der Waals surface area contributed by atoms with Gasteiger partial charge < -0.3 is 10.1 Å². The number of aryl methyl sites for hydroxylation is 1. The third-order valence-corrected chi connectivity index (χ3v) is 5.06. The van der Waals surface area contributed by atoms with Crippen molar-refractivity contribution in [1.82, 2.24) is 15.5 Å². The van der Waals surface area contributed by atoms with Crippen molar-refractivity contribution in [2.75, 3.05) is 31.6 Å². The molecule has 1 aliphatic rings. The molecular formula is C18H24IN5O2S.